The zero-order valence-corrected chi connectivity index (χ0v) is 16.6. The molecule has 146 valence electrons. The average molecular weight is 419 g/mol. The van der Waals surface area contributed by atoms with E-state index in [1.54, 1.807) is 42.5 Å². The van der Waals surface area contributed by atoms with E-state index in [4.69, 9.17) is 4.74 Å². The third kappa shape index (κ3) is 5.64. The summed E-state index contributed by atoms with van der Waals surface area (Å²) in [6, 6.07) is 16.4. The largest absolute Gasteiger partial charge is 0.492 e. The summed E-state index contributed by atoms with van der Waals surface area (Å²) >= 11 is 1.31. The van der Waals surface area contributed by atoms with Crippen LogP contribution in [-0.4, -0.2) is 32.9 Å². The lowest BCUT2D eigenvalue weighted by molar-refractivity contribution is 0.103. The molecule has 1 heterocycles. The molecule has 1 N–H and O–H groups in total. The highest BCUT2D eigenvalue weighted by Crippen LogP contribution is 2.29. The van der Waals surface area contributed by atoms with E-state index in [0.29, 0.717) is 16.3 Å². The Bertz CT molecular complexity index is 1080. The van der Waals surface area contributed by atoms with Crippen LogP contribution in [0.4, 0.5) is 10.1 Å². The van der Waals surface area contributed by atoms with Gasteiger partial charge in [0.15, 0.2) is 9.84 Å². The molecule has 28 heavy (non-hydrogen) atoms. The van der Waals surface area contributed by atoms with Crippen LogP contribution in [0.1, 0.15) is 9.67 Å². The van der Waals surface area contributed by atoms with Gasteiger partial charge in [0, 0.05) is 22.9 Å². The maximum atomic E-state index is 13.0. The van der Waals surface area contributed by atoms with E-state index in [1.807, 2.05) is 6.07 Å². The molecule has 8 heteroatoms. The summed E-state index contributed by atoms with van der Waals surface area (Å²) in [5.41, 5.74) is 1.38. The van der Waals surface area contributed by atoms with Crippen LogP contribution < -0.4 is 10.1 Å². The van der Waals surface area contributed by atoms with E-state index in [-0.39, 0.29) is 24.1 Å². The van der Waals surface area contributed by atoms with Crippen molar-refractivity contribution in [2.45, 2.75) is 0 Å². The second-order valence-electron chi connectivity index (χ2n) is 6.13. The minimum atomic E-state index is -3.10. The number of halogens is 1. The second kappa shape index (κ2) is 8.53. The standard InChI is InChI=1S/C20H18FNO4S2/c1-28(24,25)12-11-26-17-4-2-3-16(13-17)22-20(23)19-10-9-18(27-19)14-5-7-15(21)8-6-14/h2-10,13H,11-12H2,1H3,(H,22,23). The summed E-state index contributed by atoms with van der Waals surface area (Å²) in [7, 11) is -3.10. The van der Waals surface area contributed by atoms with E-state index in [1.165, 1.54) is 23.5 Å². The number of carbonyl (C=O) groups is 1. The highest BCUT2D eigenvalue weighted by Gasteiger charge is 2.11. The van der Waals surface area contributed by atoms with Crippen molar-refractivity contribution in [3.05, 3.63) is 71.4 Å². The Balaban J connectivity index is 1.65. The monoisotopic (exact) mass is 419 g/mol. The molecule has 3 rings (SSSR count). The number of rotatable bonds is 7. The van der Waals surface area contributed by atoms with Gasteiger partial charge < -0.3 is 10.1 Å². The van der Waals surface area contributed by atoms with Gasteiger partial charge in [-0.25, -0.2) is 12.8 Å². The van der Waals surface area contributed by atoms with Gasteiger partial charge in [0.1, 0.15) is 18.2 Å². The van der Waals surface area contributed by atoms with E-state index < -0.39 is 9.84 Å². The number of amides is 1. The summed E-state index contributed by atoms with van der Waals surface area (Å²) in [5.74, 6) is -0.187. The predicted molar refractivity (Wildman–Crippen MR) is 109 cm³/mol. The molecule has 0 bridgehead atoms. The highest BCUT2D eigenvalue weighted by molar-refractivity contribution is 7.90. The minimum Gasteiger partial charge on any atom is -0.492 e. The van der Waals surface area contributed by atoms with Gasteiger partial charge in [-0.2, -0.15) is 0 Å². The molecule has 0 aliphatic carbocycles. The van der Waals surface area contributed by atoms with Crippen LogP contribution >= 0.6 is 11.3 Å². The van der Waals surface area contributed by atoms with Crippen molar-refractivity contribution in [1.29, 1.82) is 0 Å². The quantitative estimate of drug-likeness (QED) is 0.622. The van der Waals surface area contributed by atoms with Gasteiger partial charge in [-0.15, -0.1) is 11.3 Å². The Hall–Kier alpha value is -2.71. The lowest BCUT2D eigenvalue weighted by Gasteiger charge is -2.08. The minimum absolute atomic E-state index is 0.0438. The molecule has 0 fully saturated rings. The highest BCUT2D eigenvalue weighted by atomic mass is 32.2. The maximum absolute atomic E-state index is 13.0. The van der Waals surface area contributed by atoms with E-state index >= 15 is 0 Å². The molecule has 0 aliphatic rings. The molecule has 0 spiro atoms. The first-order valence-corrected chi connectivity index (χ1v) is 11.3. The Morgan fingerprint density at radius 3 is 2.57 bits per heavy atom. The molecule has 0 saturated carbocycles. The van der Waals surface area contributed by atoms with Gasteiger partial charge >= 0.3 is 0 Å². The molecule has 3 aromatic rings. The fourth-order valence-corrected chi connectivity index (χ4v) is 3.69. The first-order valence-electron chi connectivity index (χ1n) is 8.38. The number of thiophene rings is 1. The van der Waals surface area contributed by atoms with Gasteiger partial charge in [-0.05, 0) is 42.0 Å². The molecule has 0 atom stereocenters. The number of sulfone groups is 1. The topological polar surface area (TPSA) is 72.5 Å². The van der Waals surface area contributed by atoms with Crippen molar-refractivity contribution in [3.63, 3.8) is 0 Å². The second-order valence-corrected chi connectivity index (χ2v) is 9.47. The lowest BCUT2D eigenvalue weighted by Crippen LogP contribution is -2.12. The van der Waals surface area contributed by atoms with Crippen molar-refractivity contribution in [1.82, 2.24) is 0 Å². The number of ether oxygens (including phenoxy) is 1. The Labute approximate surface area is 166 Å². The van der Waals surface area contributed by atoms with Gasteiger partial charge in [-0.3, -0.25) is 4.79 Å². The van der Waals surface area contributed by atoms with Crippen LogP contribution in [0.15, 0.2) is 60.7 Å². The van der Waals surface area contributed by atoms with Crippen LogP contribution in [0.2, 0.25) is 0 Å². The Morgan fingerprint density at radius 2 is 1.86 bits per heavy atom. The Morgan fingerprint density at radius 1 is 1.11 bits per heavy atom. The molecule has 5 nitrogen and oxygen atoms in total. The van der Waals surface area contributed by atoms with Crippen LogP contribution in [0, 0.1) is 5.82 Å². The first kappa shape index (κ1) is 20.0. The number of hydrogen-bond donors (Lipinski definition) is 1. The molecule has 0 unspecified atom stereocenters. The summed E-state index contributed by atoms with van der Waals surface area (Å²) < 4.78 is 40.8. The summed E-state index contributed by atoms with van der Waals surface area (Å²) in [4.78, 5) is 13.9. The van der Waals surface area contributed by atoms with Crippen LogP contribution in [-0.2, 0) is 9.84 Å². The fourth-order valence-electron chi connectivity index (χ4n) is 2.40. The summed E-state index contributed by atoms with van der Waals surface area (Å²) in [6.45, 7) is 0.0438. The molecule has 1 aromatic heterocycles. The van der Waals surface area contributed by atoms with Gasteiger partial charge in [0.2, 0.25) is 0 Å². The number of carbonyl (C=O) groups excluding carboxylic acids is 1. The van der Waals surface area contributed by atoms with Crippen LogP contribution in [0.3, 0.4) is 0 Å². The molecule has 2 aromatic carbocycles. The zero-order chi connectivity index (χ0) is 20.1. The van der Waals surface area contributed by atoms with E-state index in [2.05, 4.69) is 5.32 Å². The first-order chi connectivity index (χ1) is 13.3. The molecule has 0 saturated heterocycles. The Kier molecular flexibility index (Phi) is 6.11. The third-order valence-electron chi connectivity index (χ3n) is 3.77. The molecular weight excluding hydrogens is 401 g/mol. The third-order valence-corrected chi connectivity index (χ3v) is 5.81. The summed E-state index contributed by atoms with van der Waals surface area (Å²) in [5, 5.41) is 2.79. The van der Waals surface area contributed by atoms with Crippen LogP contribution in [0.25, 0.3) is 10.4 Å². The van der Waals surface area contributed by atoms with Gasteiger partial charge in [0.25, 0.3) is 5.91 Å². The van der Waals surface area contributed by atoms with Crippen molar-refractivity contribution < 1.29 is 22.3 Å². The van der Waals surface area contributed by atoms with Crippen molar-refractivity contribution in [3.8, 4) is 16.2 Å². The number of anilines is 1. The number of hydrogen-bond acceptors (Lipinski definition) is 5. The van der Waals surface area contributed by atoms with E-state index in [9.17, 15) is 17.6 Å². The van der Waals surface area contributed by atoms with Crippen molar-refractivity contribution in [2.24, 2.45) is 0 Å². The lowest BCUT2D eigenvalue weighted by atomic mass is 10.2. The van der Waals surface area contributed by atoms with Crippen molar-refractivity contribution in [2.75, 3.05) is 23.9 Å². The maximum Gasteiger partial charge on any atom is 0.265 e. The molecule has 1 amide bonds. The number of benzene rings is 2. The smallest absolute Gasteiger partial charge is 0.265 e. The van der Waals surface area contributed by atoms with E-state index in [0.717, 1.165) is 16.7 Å². The molecular formula is C20H18FNO4S2. The molecule has 0 radical (unpaired) electrons. The van der Waals surface area contributed by atoms with Crippen LogP contribution in [0.5, 0.6) is 5.75 Å². The zero-order valence-electron chi connectivity index (χ0n) is 15.0. The number of nitrogens with one attached hydrogen (secondary N) is 1. The van der Waals surface area contributed by atoms with Gasteiger partial charge in [-0.1, -0.05) is 18.2 Å². The SMILES string of the molecule is CS(=O)(=O)CCOc1cccc(NC(=O)c2ccc(-c3ccc(F)cc3)s2)c1. The normalized spacial score (nSPS) is 11.2. The fraction of sp³-hybridized carbons (Fsp3) is 0.150. The summed E-state index contributed by atoms with van der Waals surface area (Å²) in [6.07, 6.45) is 1.15. The average Bonchev–Trinajstić information content (AvgIpc) is 3.12. The van der Waals surface area contributed by atoms with Gasteiger partial charge in [0.05, 0.1) is 10.6 Å². The predicted octanol–water partition coefficient (Wildman–Crippen LogP) is 4.23. The van der Waals surface area contributed by atoms with Crippen molar-refractivity contribution >= 4 is 32.8 Å². The molecule has 0 aliphatic heterocycles.